The van der Waals surface area contributed by atoms with Crippen molar-refractivity contribution in [1.82, 2.24) is 0 Å². The number of carbonyl (C=O) groups is 1. The molecule has 2 aromatic carbocycles. The molecule has 152 valence electrons. The second-order valence-electron chi connectivity index (χ2n) is 6.15. The van der Waals surface area contributed by atoms with E-state index in [0.29, 0.717) is 17.2 Å². The Labute approximate surface area is 167 Å². The highest BCUT2D eigenvalue weighted by Gasteiger charge is 2.35. The van der Waals surface area contributed by atoms with Gasteiger partial charge in [0.25, 0.3) is 0 Å². The summed E-state index contributed by atoms with van der Waals surface area (Å²) in [5.74, 6) is -0.365. The summed E-state index contributed by atoms with van der Waals surface area (Å²) in [4.78, 5) is 11.6. The first kappa shape index (κ1) is 22.1. The van der Waals surface area contributed by atoms with Crippen molar-refractivity contribution in [3.63, 3.8) is 0 Å². The maximum Gasteiger partial charge on any atom is 0.416 e. The van der Waals surface area contributed by atoms with Crippen molar-refractivity contribution >= 4 is 17.6 Å². The second-order valence-corrected chi connectivity index (χ2v) is 6.56. The first-order chi connectivity index (χ1) is 13.2. The molecule has 0 aliphatic rings. The number of hydrogen-bond acceptors (Lipinski definition) is 3. The molecule has 0 aliphatic carbocycles. The molecular formula is C21H22ClF3O3. The van der Waals surface area contributed by atoms with Crippen LogP contribution in [0.1, 0.15) is 49.4 Å². The van der Waals surface area contributed by atoms with E-state index in [1.807, 2.05) is 19.9 Å². The van der Waals surface area contributed by atoms with Gasteiger partial charge in [0.15, 0.2) is 0 Å². The third-order valence-electron chi connectivity index (χ3n) is 4.31. The summed E-state index contributed by atoms with van der Waals surface area (Å²) in [6.45, 7) is 5.05. The highest BCUT2D eigenvalue weighted by atomic mass is 35.5. The van der Waals surface area contributed by atoms with Gasteiger partial charge in [0.1, 0.15) is 18.1 Å². The van der Waals surface area contributed by atoms with Gasteiger partial charge >= 0.3 is 12.1 Å². The number of aryl methyl sites for hydroxylation is 2. The number of ether oxygens (including phenoxy) is 2. The summed E-state index contributed by atoms with van der Waals surface area (Å²) in [6.07, 6.45) is -3.19. The number of alkyl halides is 3. The third kappa shape index (κ3) is 5.19. The zero-order valence-electron chi connectivity index (χ0n) is 16.0. The smallest absolute Gasteiger partial charge is 0.416 e. The molecule has 28 heavy (non-hydrogen) atoms. The Morgan fingerprint density at radius 1 is 1.04 bits per heavy atom. The Balaban J connectivity index is 2.42. The predicted octanol–water partition coefficient (Wildman–Crippen LogP) is 6.38. The molecule has 3 nitrogen and oxygen atoms in total. The average Bonchev–Trinajstić information content (AvgIpc) is 2.65. The SMILES string of the molecule is CCC(=O)Oc1cccc(C(F)(F)F)c1COc1cc(Cl)c(CC)cc1CC. The topological polar surface area (TPSA) is 35.5 Å². The van der Waals surface area contributed by atoms with E-state index in [9.17, 15) is 18.0 Å². The van der Waals surface area contributed by atoms with Crippen LogP contribution >= 0.6 is 11.6 Å². The highest BCUT2D eigenvalue weighted by molar-refractivity contribution is 6.31. The van der Waals surface area contributed by atoms with E-state index in [2.05, 4.69) is 0 Å². The normalized spacial score (nSPS) is 11.4. The van der Waals surface area contributed by atoms with Crippen LogP contribution in [-0.4, -0.2) is 5.97 Å². The van der Waals surface area contributed by atoms with E-state index in [1.54, 1.807) is 13.0 Å². The Morgan fingerprint density at radius 3 is 2.29 bits per heavy atom. The molecule has 0 saturated heterocycles. The Hall–Kier alpha value is -2.21. The van der Waals surface area contributed by atoms with E-state index in [4.69, 9.17) is 21.1 Å². The molecule has 0 N–H and O–H groups in total. The quantitative estimate of drug-likeness (QED) is 0.389. The van der Waals surface area contributed by atoms with Crippen molar-refractivity contribution in [2.75, 3.05) is 0 Å². The summed E-state index contributed by atoms with van der Waals surface area (Å²) in [6, 6.07) is 6.98. The molecule has 0 fully saturated rings. The molecule has 0 heterocycles. The van der Waals surface area contributed by atoms with Gasteiger partial charge in [-0.05, 0) is 42.2 Å². The van der Waals surface area contributed by atoms with Crippen molar-refractivity contribution in [2.24, 2.45) is 0 Å². The van der Waals surface area contributed by atoms with Crippen molar-refractivity contribution in [3.8, 4) is 11.5 Å². The minimum Gasteiger partial charge on any atom is -0.488 e. The predicted molar refractivity (Wildman–Crippen MR) is 102 cm³/mol. The summed E-state index contributed by atoms with van der Waals surface area (Å²) in [5, 5.41) is 0.497. The van der Waals surface area contributed by atoms with Crippen LogP contribution in [0.3, 0.4) is 0 Å². The summed E-state index contributed by atoms with van der Waals surface area (Å²) in [7, 11) is 0. The summed E-state index contributed by atoms with van der Waals surface area (Å²) < 4.78 is 51.2. The number of benzene rings is 2. The van der Waals surface area contributed by atoms with Crippen LogP contribution in [0, 0.1) is 0 Å². The van der Waals surface area contributed by atoms with Crippen LogP contribution < -0.4 is 9.47 Å². The lowest BCUT2D eigenvalue weighted by molar-refractivity contribution is -0.140. The highest BCUT2D eigenvalue weighted by Crippen LogP contribution is 2.37. The molecule has 0 aromatic heterocycles. The van der Waals surface area contributed by atoms with Gasteiger partial charge in [0, 0.05) is 17.0 Å². The lowest BCUT2D eigenvalue weighted by atomic mass is 10.0. The van der Waals surface area contributed by atoms with E-state index in [0.717, 1.165) is 23.6 Å². The van der Waals surface area contributed by atoms with E-state index in [1.165, 1.54) is 12.1 Å². The van der Waals surface area contributed by atoms with Crippen LogP contribution in [0.5, 0.6) is 11.5 Å². The van der Waals surface area contributed by atoms with Crippen LogP contribution in [0.2, 0.25) is 5.02 Å². The Morgan fingerprint density at radius 2 is 1.71 bits per heavy atom. The van der Waals surface area contributed by atoms with Crippen LogP contribution in [-0.2, 0) is 30.4 Å². The standard InChI is InChI=1S/C21H22ClF3O3/c1-4-13-10-14(5-2)19(11-17(13)22)27-12-15-16(21(23,24)25)8-7-9-18(15)28-20(26)6-3/h7-11H,4-6,12H2,1-3H3. The molecule has 0 amide bonds. The maximum atomic E-state index is 13.5. The molecule has 2 aromatic rings. The molecule has 0 saturated carbocycles. The summed E-state index contributed by atoms with van der Waals surface area (Å²) in [5.41, 5.74) is 0.662. The van der Waals surface area contributed by atoms with Gasteiger partial charge in [-0.3, -0.25) is 4.79 Å². The largest absolute Gasteiger partial charge is 0.488 e. The molecular weight excluding hydrogens is 393 g/mol. The molecule has 0 atom stereocenters. The fourth-order valence-electron chi connectivity index (χ4n) is 2.75. The van der Waals surface area contributed by atoms with Gasteiger partial charge in [-0.25, -0.2) is 0 Å². The van der Waals surface area contributed by atoms with Gasteiger partial charge in [0.2, 0.25) is 0 Å². The second kappa shape index (κ2) is 9.32. The minimum atomic E-state index is -4.61. The molecule has 0 bridgehead atoms. The van der Waals surface area contributed by atoms with Gasteiger partial charge in [-0.1, -0.05) is 44.5 Å². The number of rotatable bonds is 7. The van der Waals surface area contributed by atoms with Crippen molar-refractivity contribution in [3.05, 3.63) is 57.6 Å². The van der Waals surface area contributed by atoms with Gasteiger partial charge in [0.05, 0.1) is 5.56 Å². The van der Waals surface area contributed by atoms with Gasteiger partial charge in [-0.15, -0.1) is 0 Å². The number of halogens is 4. The fourth-order valence-corrected chi connectivity index (χ4v) is 3.04. The van der Waals surface area contributed by atoms with E-state index < -0.39 is 24.3 Å². The van der Waals surface area contributed by atoms with Crippen LogP contribution in [0.15, 0.2) is 30.3 Å². The first-order valence-electron chi connectivity index (χ1n) is 9.05. The average molecular weight is 415 g/mol. The lowest BCUT2D eigenvalue weighted by Crippen LogP contribution is -2.15. The summed E-state index contributed by atoms with van der Waals surface area (Å²) >= 11 is 6.23. The number of esters is 1. The molecule has 0 aliphatic heterocycles. The van der Waals surface area contributed by atoms with Crippen LogP contribution in [0.25, 0.3) is 0 Å². The van der Waals surface area contributed by atoms with E-state index >= 15 is 0 Å². The molecule has 0 spiro atoms. The molecule has 7 heteroatoms. The fraction of sp³-hybridized carbons (Fsp3) is 0.381. The molecule has 0 unspecified atom stereocenters. The number of hydrogen-bond donors (Lipinski definition) is 0. The Bertz CT molecular complexity index is 848. The van der Waals surface area contributed by atoms with Crippen molar-refractivity contribution in [1.29, 1.82) is 0 Å². The van der Waals surface area contributed by atoms with Gasteiger partial charge < -0.3 is 9.47 Å². The lowest BCUT2D eigenvalue weighted by Gasteiger charge is -2.18. The van der Waals surface area contributed by atoms with Gasteiger partial charge in [-0.2, -0.15) is 13.2 Å². The number of carbonyl (C=O) groups excluding carboxylic acids is 1. The minimum absolute atomic E-state index is 0.0462. The molecule has 2 rings (SSSR count). The molecule has 0 radical (unpaired) electrons. The van der Waals surface area contributed by atoms with Crippen LogP contribution in [0.4, 0.5) is 13.2 Å². The monoisotopic (exact) mass is 414 g/mol. The first-order valence-corrected chi connectivity index (χ1v) is 9.42. The maximum absolute atomic E-state index is 13.5. The Kier molecular flexibility index (Phi) is 7.35. The van der Waals surface area contributed by atoms with E-state index in [-0.39, 0.29) is 17.7 Å². The zero-order chi connectivity index (χ0) is 20.9. The van der Waals surface area contributed by atoms with Crippen molar-refractivity contribution in [2.45, 2.75) is 52.8 Å². The third-order valence-corrected chi connectivity index (χ3v) is 4.67. The van der Waals surface area contributed by atoms with Crippen molar-refractivity contribution < 1.29 is 27.4 Å². The zero-order valence-corrected chi connectivity index (χ0v) is 16.7.